The molecule has 0 saturated heterocycles. The third-order valence-corrected chi connectivity index (χ3v) is 3.17. The number of para-hydroxylation sites is 1. The molecule has 0 amide bonds. The predicted octanol–water partition coefficient (Wildman–Crippen LogP) is 4.61. The van der Waals surface area contributed by atoms with E-state index in [-0.39, 0.29) is 0 Å². The average Bonchev–Trinajstić information content (AvgIpc) is 2.42. The Morgan fingerprint density at radius 2 is 1.89 bits per heavy atom. The molecule has 2 aromatic rings. The normalized spacial score (nSPS) is 10.2. The number of ether oxygens (including phenoxy) is 2. The summed E-state index contributed by atoms with van der Waals surface area (Å²) in [6, 6.07) is 13.1. The van der Waals surface area contributed by atoms with E-state index in [0.717, 1.165) is 16.6 Å². The summed E-state index contributed by atoms with van der Waals surface area (Å²) in [5.74, 6) is 2.12. The Morgan fingerprint density at radius 3 is 2.63 bits per heavy atom. The number of nitrogens with two attached hydrogens (primary N) is 1. The first-order valence-electron chi connectivity index (χ1n) is 6.15. The van der Waals surface area contributed by atoms with Gasteiger partial charge in [0, 0.05) is 6.07 Å². The molecule has 0 radical (unpaired) electrons. The van der Waals surface area contributed by atoms with Crippen molar-refractivity contribution in [1.82, 2.24) is 0 Å². The maximum absolute atomic E-state index is 5.86. The summed E-state index contributed by atoms with van der Waals surface area (Å²) in [5.41, 5.74) is 6.48. The first kappa shape index (κ1) is 13.7. The van der Waals surface area contributed by atoms with Gasteiger partial charge in [0.05, 0.1) is 16.8 Å². The SMILES string of the molecule is CCCOc1cc(Oc2ccccc2Br)ccc1N. The quantitative estimate of drug-likeness (QED) is 0.818. The van der Waals surface area contributed by atoms with Crippen LogP contribution in [0.1, 0.15) is 13.3 Å². The largest absolute Gasteiger partial charge is 0.491 e. The Hall–Kier alpha value is -1.68. The molecule has 3 nitrogen and oxygen atoms in total. The van der Waals surface area contributed by atoms with E-state index in [0.29, 0.717) is 23.8 Å². The Morgan fingerprint density at radius 1 is 1.11 bits per heavy atom. The van der Waals surface area contributed by atoms with Gasteiger partial charge in [-0.2, -0.15) is 0 Å². The highest BCUT2D eigenvalue weighted by Gasteiger charge is 2.06. The second-order valence-electron chi connectivity index (χ2n) is 4.08. The number of nitrogen functional groups attached to an aromatic ring is 1. The Bertz CT molecular complexity index is 558. The van der Waals surface area contributed by atoms with Crippen molar-refractivity contribution in [3.63, 3.8) is 0 Å². The fourth-order valence-corrected chi connectivity index (χ4v) is 1.94. The third-order valence-electron chi connectivity index (χ3n) is 2.51. The van der Waals surface area contributed by atoms with E-state index in [1.807, 2.05) is 36.4 Å². The van der Waals surface area contributed by atoms with Crippen LogP contribution in [0.3, 0.4) is 0 Å². The Labute approximate surface area is 121 Å². The van der Waals surface area contributed by atoms with Gasteiger partial charge in [0.2, 0.25) is 0 Å². The summed E-state index contributed by atoms with van der Waals surface area (Å²) in [5, 5.41) is 0. The molecule has 0 aliphatic heterocycles. The molecule has 0 heterocycles. The Kier molecular flexibility index (Phi) is 4.68. The number of hydrogen-bond donors (Lipinski definition) is 1. The minimum absolute atomic E-state index is 0.618. The summed E-state index contributed by atoms with van der Waals surface area (Å²) in [6.07, 6.45) is 0.939. The van der Waals surface area contributed by atoms with Crippen LogP contribution in [0.2, 0.25) is 0 Å². The maximum atomic E-state index is 5.86. The minimum Gasteiger partial charge on any atom is -0.491 e. The van der Waals surface area contributed by atoms with E-state index < -0.39 is 0 Å². The number of rotatable bonds is 5. The van der Waals surface area contributed by atoms with E-state index in [1.165, 1.54) is 0 Å². The van der Waals surface area contributed by atoms with Crippen LogP contribution in [0, 0.1) is 0 Å². The average molecular weight is 322 g/mol. The molecule has 2 rings (SSSR count). The summed E-state index contributed by atoms with van der Waals surface area (Å²) in [7, 11) is 0. The number of halogens is 1. The highest BCUT2D eigenvalue weighted by atomic mass is 79.9. The van der Waals surface area contributed by atoms with E-state index >= 15 is 0 Å². The molecule has 100 valence electrons. The lowest BCUT2D eigenvalue weighted by molar-refractivity contribution is 0.317. The van der Waals surface area contributed by atoms with Gasteiger partial charge in [-0.3, -0.25) is 0 Å². The summed E-state index contributed by atoms with van der Waals surface area (Å²) in [6.45, 7) is 2.69. The smallest absolute Gasteiger partial charge is 0.145 e. The van der Waals surface area contributed by atoms with Crippen LogP contribution in [0.25, 0.3) is 0 Å². The number of benzene rings is 2. The number of hydrogen-bond acceptors (Lipinski definition) is 3. The second-order valence-corrected chi connectivity index (χ2v) is 4.93. The van der Waals surface area contributed by atoms with Gasteiger partial charge in [0.1, 0.15) is 17.2 Å². The van der Waals surface area contributed by atoms with Crippen LogP contribution >= 0.6 is 15.9 Å². The van der Waals surface area contributed by atoms with Gasteiger partial charge in [-0.05, 0) is 46.6 Å². The first-order valence-corrected chi connectivity index (χ1v) is 6.94. The van der Waals surface area contributed by atoms with Gasteiger partial charge in [-0.15, -0.1) is 0 Å². The molecule has 0 bridgehead atoms. The monoisotopic (exact) mass is 321 g/mol. The van der Waals surface area contributed by atoms with Crippen molar-refractivity contribution in [3.8, 4) is 17.2 Å². The zero-order valence-corrected chi connectivity index (χ0v) is 12.3. The molecule has 0 spiro atoms. The molecular formula is C15H16BrNO2. The van der Waals surface area contributed by atoms with Crippen molar-refractivity contribution in [3.05, 3.63) is 46.9 Å². The van der Waals surface area contributed by atoms with Crippen molar-refractivity contribution >= 4 is 21.6 Å². The van der Waals surface area contributed by atoms with Crippen molar-refractivity contribution in [1.29, 1.82) is 0 Å². The predicted molar refractivity (Wildman–Crippen MR) is 80.9 cm³/mol. The lowest BCUT2D eigenvalue weighted by Crippen LogP contribution is -1.99. The van der Waals surface area contributed by atoms with Crippen molar-refractivity contribution in [2.45, 2.75) is 13.3 Å². The van der Waals surface area contributed by atoms with E-state index in [9.17, 15) is 0 Å². The maximum Gasteiger partial charge on any atom is 0.145 e. The van der Waals surface area contributed by atoms with Crippen LogP contribution in [-0.2, 0) is 0 Å². The highest BCUT2D eigenvalue weighted by Crippen LogP contribution is 2.33. The molecule has 0 atom stereocenters. The summed E-state index contributed by atoms with van der Waals surface area (Å²) < 4.78 is 12.3. The number of anilines is 1. The van der Waals surface area contributed by atoms with Crippen molar-refractivity contribution < 1.29 is 9.47 Å². The molecule has 4 heteroatoms. The van der Waals surface area contributed by atoms with Crippen LogP contribution in [0.15, 0.2) is 46.9 Å². The van der Waals surface area contributed by atoms with Gasteiger partial charge >= 0.3 is 0 Å². The standard InChI is InChI=1S/C15H16BrNO2/c1-2-9-18-15-10-11(7-8-13(15)17)19-14-6-4-3-5-12(14)16/h3-8,10H,2,9,17H2,1H3. The zero-order chi connectivity index (χ0) is 13.7. The topological polar surface area (TPSA) is 44.5 Å². The van der Waals surface area contributed by atoms with Gasteiger partial charge in [-0.1, -0.05) is 19.1 Å². The third kappa shape index (κ3) is 3.64. The lowest BCUT2D eigenvalue weighted by atomic mass is 10.2. The minimum atomic E-state index is 0.618. The molecule has 0 unspecified atom stereocenters. The molecular weight excluding hydrogens is 306 g/mol. The molecule has 0 saturated carbocycles. The summed E-state index contributed by atoms with van der Waals surface area (Å²) in [4.78, 5) is 0. The van der Waals surface area contributed by atoms with Gasteiger partial charge in [-0.25, -0.2) is 0 Å². The molecule has 2 aromatic carbocycles. The van der Waals surface area contributed by atoms with Crippen LogP contribution in [-0.4, -0.2) is 6.61 Å². The van der Waals surface area contributed by atoms with Crippen molar-refractivity contribution in [2.75, 3.05) is 12.3 Å². The second kappa shape index (κ2) is 6.48. The van der Waals surface area contributed by atoms with Crippen LogP contribution < -0.4 is 15.2 Å². The fourth-order valence-electron chi connectivity index (χ4n) is 1.57. The molecule has 2 N–H and O–H groups in total. The molecule has 0 aromatic heterocycles. The summed E-state index contributed by atoms with van der Waals surface area (Å²) >= 11 is 3.45. The molecule has 0 fully saturated rings. The highest BCUT2D eigenvalue weighted by molar-refractivity contribution is 9.10. The van der Waals surface area contributed by atoms with Crippen molar-refractivity contribution in [2.24, 2.45) is 0 Å². The zero-order valence-electron chi connectivity index (χ0n) is 10.7. The molecule has 0 aliphatic carbocycles. The lowest BCUT2D eigenvalue weighted by Gasteiger charge is -2.11. The molecule has 19 heavy (non-hydrogen) atoms. The van der Waals surface area contributed by atoms with Crippen LogP contribution in [0.4, 0.5) is 5.69 Å². The fraction of sp³-hybridized carbons (Fsp3) is 0.200. The van der Waals surface area contributed by atoms with E-state index in [1.54, 1.807) is 6.07 Å². The van der Waals surface area contributed by atoms with Gasteiger partial charge in [0.15, 0.2) is 0 Å². The first-order chi connectivity index (χ1) is 9.20. The van der Waals surface area contributed by atoms with E-state index in [2.05, 4.69) is 22.9 Å². The van der Waals surface area contributed by atoms with Gasteiger partial charge in [0.25, 0.3) is 0 Å². The van der Waals surface area contributed by atoms with Crippen LogP contribution in [0.5, 0.6) is 17.2 Å². The molecule has 0 aliphatic rings. The Balaban J connectivity index is 2.19. The van der Waals surface area contributed by atoms with Gasteiger partial charge < -0.3 is 15.2 Å². The van der Waals surface area contributed by atoms with E-state index in [4.69, 9.17) is 15.2 Å².